The number of nitrogens with two attached hydrogens (primary N) is 1. The number of aliphatic hydroxyl groups excluding tert-OH is 1. The van der Waals surface area contributed by atoms with Crippen molar-refractivity contribution >= 4 is 11.5 Å². The molecular formula is C9H18N4O2. The third kappa shape index (κ3) is 4.18. The lowest BCUT2D eigenvalue weighted by molar-refractivity contribution is 0.0922. The van der Waals surface area contributed by atoms with Crippen LogP contribution < -0.4 is 11.1 Å². The number of hydrogen-bond donors (Lipinski definition) is 3. The summed E-state index contributed by atoms with van der Waals surface area (Å²) in [6.45, 7) is 1.85. The standard InChI is InChI=1S/C9H18N4O2/c1-13-7-8(10)9(12-13)11-3-2-5-15-6-4-14/h7,14H,2-6,10H2,1H3,(H,11,12). The first kappa shape index (κ1) is 11.8. The number of ether oxygens (including phenoxy) is 1. The van der Waals surface area contributed by atoms with Crippen LogP contribution in [0.2, 0.25) is 0 Å². The Bertz CT molecular complexity index is 288. The van der Waals surface area contributed by atoms with Gasteiger partial charge in [-0.2, -0.15) is 5.10 Å². The molecule has 4 N–H and O–H groups in total. The molecule has 1 rings (SSSR count). The Morgan fingerprint density at radius 2 is 2.40 bits per heavy atom. The lowest BCUT2D eigenvalue weighted by Gasteiger charge is -2.04. The molecule has 0 spiro atoms. The first-order valence-corrected chi connectivity index (χ1v) is 4.95. The van der Waals surface area contributed by atoms with E-state index in [9.17, 15) is 0 Å². The van der Waals surface area contributed by atoms with Crippen LogP contribution in [0.4, 0.5) is 11.5 Å². The van der Waals surface area contributed by atoms with Crippen LogP contribution in [0, 0.1) is 0 Å². The van der Waals surface area contributed by atoms with Crippen molar-refractivity contribution in [2.24, 2.45) is 7.05 Å². The smallest absolute Gasteiger partial charge is 0.171 e. The van der Waals surface area contributed by atoms with Crippen molar-refractivity contribution in [3.8, 4) is 0 Å². The summed E-state index contributed by atoms with van der Waals surface area (Å²) in [5.74, 6) is 0.708. The number of hydrogen-bond acceptors (Lipinski definition) is 5. The second kappa shape index (κ2) is 6.26. The number of nitrogen functional groups attached to an aromatic ring is 1. The molecule has 0 bridgehead atoms. The molecule has 1 aromatic heterocycles. The van der Waals surface area contributed by atoms with Crippen LogP contribution in [0.3, 0.4) is 0 Å². The number of aromatic nitrogens is 2. The highest BCUT2D eigenvalue weighted by Gasteiger charge is 2.01. The van der Waals surface area contributed by atoms with E-state index in [2.05, 4.69) is 10.4 Å². The van der Waals surface area contributed by atoms with Gasteiger partial charge in [-0.25, -0.2) is 0 Å². The molecule has 0 aliphatic heterocycles. The highest BCUT2D eigenvalue weighted by atomic mass is 16.5. The number of anilines is 2. The van der Waals surface area contributed by atoms with Gasteiger partial charge >= 0.3 is 0 Å². The number of aliphatic hydroxyl groups is 1. The van der Waals surface area contributed by atoms with E-state index in [1.54, 1.807) is 10.9 Å². The highest BCUT2D eigenvalue weighted by molar-refractivity contribution is 5.59. The molecule has 6 heteroatoms. The van der Waals surface area contributed by atoms with E-state index in [0.29, 0.717) is 24.7 Å². The fourth-order valence-electron chi connectivity index (χ4n) is 1.19. The largest absolute Gasteiger partial charge is 0.394 e. The Morgan fingerprint density at radius 1 is 1.60 bits per heavy atom. The fraction of sp³-hybridized carbons (Fsp3) is 0.667. The Kier molecular flexibility index (Phi) is 4.92. The van der Waals surface area contributed by atoms with Gasteiger partial charge in [-0.1, -0.05) is 0 Å². The summed E-state index contributed by atoms with van der Waals surface area (Å²) in [6.07, 6.45) is 2.61. The van der Waals surface area contributed by atoms with Crippen molar-refractivity contribution in [3.63, 3.8) is 0 Å². The highest BCUT2D eigenvalue weighted by Crippen LogP contribution is 2.13. The maximum Gasteiger partial charge on any atom is 0.171 e. The van der Waals surface area contributed by atoms with E-state index in [0.717, 1.165) is 13.0 Å². The first-order chi connectivity index (χ1) is 7.24. The third-order valence-corrected chi connectivity index (χ3v) is 1.85. The summed E-state index contributed by atoms with van der Waals surface area (Å²) >= 11 is 0. The molecule has 1 aromatic rings. The molecule has 0 radical (unpaired) electrons. The minimum atomic E-state index is 0.0701. The van der Waals surface area contributed by atoms with E-state index < -0.39 is 0 Å². The number of rotatable bonds is 7. The van der Waals surface area contributed by atoms with Crippen LogP contribution in [0.25, 0.3) is 0 Å². The maximum absolute atomic E-state index is 8.47. The quantitative estimate of drug-likeness (QED) is 0.548. The van der Waals surface area contributed by atoms with Crippen LogP contribution in [-0.4, -0.2) is 41.3 Å². The molecule has 1 heterocycles. The van der Waals surface area contributed by atoms with E-state index in [4.69, 9.17) is 15.6 Å². The topological polar surface area (TPSA) is 85.3 Å². The average molecular weight is 214 g/mol. The molecule has 0 amide bonds. The van der Waals surface area contributed by atoms with Crippen molar-refractivity contribution in [1.29, 1.82) is 0 Å². The maximum atomic E-state index is 8.47. The molecule has 0 aromatic carbocycles. The lowest BCUT2D eigenvalue weighted by Crippen LogP contribution is -2.08. The van der Waals surface area contributed by atoms with Gasteiger partial charge in [0.15, 0.2) is 5.82 Å². The molecule has 15 heavy (non-hydrogen) atoms. The zero-order valence-corrected chi connectivity index (χ0v) is 8.94. The van der Waals surface area contributed by atoms with Crippen LogP contribution in [0.1, 0.15) is 6.42 Å². The Labute approximate surface area is 89.0 Å². The second-order valence-electron chi connectivity index (χ2n) is 3.22. The van der Waals surface area contributed by atoms with Crippen LogP contribution in [0.15, 0.2) is 6.20 Å². The van der Waals surface area contributed by atoms with Gasteiger partial charge in [0.05, 0.1) is 18.9 Å². The molecular weight excluding hydrogens is 196 g/mol. The van der Waals surface area contributed by atoms with E-state index in [1.807, 2.05) is 7.05 Å². The van der Waals surface area contributed by atoms with Gasteiger partial charge in [-0.3, -0.25) is 4.68 Å². The predicted molar refractivity (Wildman–Crippen MR) is 58.6 cm³/mol. The van der Waals surface area contributed by atoms with Crippen molar-refractivity contribution in [2.75, 3.05) is 37.4 Å². The fourth-order valence-corrected chi connectivity index (χ4v) is 1.19. The summed E-state index contributed by atoms with van der Waals surface area (Å²) in [6, 6.07) is 0. The molecule has 0 saturated heterocycles. The molecule has 0 unspecified atom stereocenters. The van der Waals surface area contributed by atoms with Crippen molar-refractivity contribution < 1.29 is 9.84 Å². The molecule has 86 valence electrons. The lowest BCUT2D eigenvalue weighted by atomic mass is 10.4. The van der Waals surface area contributed by atoms with Crippen molar-refractivity contribution in [1.82, 2.24) is 9.78 Å². The van der Waals surface area contributed by atoms with Gasteiger partial charge in [0.25, 0.3) is 0 Å². The van der Waals surface area contributed by atoms with Gasteiger partial charge in [0.1, 0.15) is 0 Å². The summed E-state index contributed by atoms with van der Waals surface area (Å²) in [5, 5.41) is 15.7. The zero-order valence-electron chi connectivity index (χ0n) is 8.94. The Morgan fingerprint density at radius 3 is 3.00 bits per heavy atom. The number of aryl methyl sites for hydroxylation is 1. The van der Waals surface area contributed by atoms with Crippen molar-refractivity contribution in [3.05, 3.63) is 6.20 Å². The minimum Gasteiger partial charge on any atom is -0.394 e. The van der Waals surface area contributed by atoms with Gasteiger partial charge < -0.3 is 20.9 Å². The molecule has 0 atom stereocenters. The van der Waals surface area contributed by atoms with Gasteiger partial charge in [-0.15, -0.1) is 0 Å². The molecule has 6 nitrogen and oxygen atoms in total. The molecule has 0 aliphatic carbocycles. The first-order valence-electron chi connectivity index (χ1n) is 4.95. The number of nitrogens with zero attached hydrogens (tertiary/aromatic N) is 2. The van der Waals surface area contributed by atoms with Gasteiger partial charge in [-0.05, 0) is 6.42 Å². The van der Waals surface area contributed by atoms with E-state index >= 15 is 0 Å². The van der Waals surface area contributed by atoms with Crippen LogP contribution >= 0.6 is 0 Å². The second-order valence-corrected chi connectivity index (χ2v) is 3.22. The average Bonchev–Trinajstić information content (AvgIpc) is 2.51. The molecule has 0 aliphatic rings. The molecule has 0 saturated carbocycles. The van der Waals surface area contributed by atoms with Gasteiger partial charge in [0, 0.05) is 26.4 Å². The summed E-state index contributed by atoms with van der Waals surface area (Å²) in [4.78, 5) is 0. The number of nitrogens with one attached hydrogen (secondary N) is 1. The van der Waals surface area contributed by atoms with Crippen LogP contribution in [-0.2, 0) is 11.8 Å². The SMILES string of the molecule is Cn1cc(N)c(NCCCOCCO)n1. The zero-order chi connectivity index (χ0) is 11.1. The Balaban J connectivity index is 2.12. The monoisotopic (exact) mass is 214 g/mol. The Hall–Kier alpha value is -1.27. The summed E-state index contributed by atoms with van der Waals surface area (Å²) < 4.78 is 6.78. The predicted octanol–water partition coefficient (Wildman–Crippen LogP) is -0.187. The summed E-state index contributed by atoms with van der Waals surface area (Å²) in [5.41, 5.74) is 6.34. The van der Waals surface area contributed by atoms with Crippen LogP contribution in [0.5, 0.6) is 0 Å². The summed E-state index contributed by atoms with van der Waals surface area (Å²) in [7, 11) is 1.83. The third-order valence-electron chi connectivity index (χ3n) is 1.85. The van der Waals surface area contributed by atoms with Gasteiger partial charge in [0.2, 0.25) is 0 Å². The van der Waals surface area contributed by atoms with E-state index in [-0.39, 0.29) is 6.61 Å². The minimum absolute atomic E-state index is 0.0701. The van der Waals surface area contributed by atoms with Crippen molar-refractivity contribution in [2.45, 2.75) is 6.42 Å². The normalized spacial score (nSPS) is 10.5. The van der Waals surface area contributed by atoms with E-state index in [1.165, 1.54) is 0 Å². The molecule has 0 fully saturated rings.